The first-order valence-electron chi connectivity index (χ1n) is 22.4. The zero-order valence-corrected chi connectivity index (χ0v) is 34.6. The number of hydrogen-bond donors (Lipinski definition) is 0. The molecule has 0 aliphatic rings. The minimum Gasteiger partial charge on any atom is -0.462 e. The van der Waals surface area contributed by atoms with E-state index in [9.17, 15) is 14.4 Å². The van der Waals surface area contributed by atoms with Gasteiger partial charge >= 0.3 is 17.9 Å². The summed E-state index contributed by atoms with van der Waals surface area (Å²) < 4.78 is 16.6. The molecule has 0 N–H and O–H groups in total. The Hall–Kier alpha value is -1.59. The first-order valence-corrected chi connectivity index (χ1v) is 22.4. The standard InChI is InChI=1S/C45H86O6/c1-5-7-9-11-12-13-14-15-16-19-23-26-30-34-38-45(48)51-42(39-49-43(46)36-32-27-10-8-6-2)40-50-44(47)37-33-29-25-22-20-17-18-21-24-28-31-35-41(3)4/h41-42H,5-40H2,1-4H3/t42-/m0/s1. The monoisotopic (exact) mass is 723 g/mol. The maximum absolute atomic E-state index is 12.6. The molecule has 1 atom stereocenters. The molecular weight excluding hydrogens is 636 g/mol. The lowest BCUT2D eigenvalue weighted by atomic mass is 10.0. The topological polar surface area (TPSA) is 78.9 Å². The van der Waals surface area contributed by atoms with Crippen LogP contribution in [0.1, 0.15) is 246 Å². The van der Waals surface area contributed by atoms with Crippen LogP contribution in [0.2, 0.25) is 0 Å². The number of rotatable bonds is 40. The van der Waals surface area contributed by atoms with Crippen LogP contribution < -0.4 is 0 Å². The quantitative estimate of drug-likeness (QED) is 0.0356. The molecule has 0 saturated heterocycles. The minimum atomic E-state index is -0.757. The fourth-order valence-electron chi connectivity index (χ4n) is 6.63. The first kappa shape index (κ1) is 49.4. The third-order valence-electron chi connectivity index (χ3n) is 10.0. The minimum absolute atomic E-state index is 0.0649. The Morgan fingerprint density at radius 1 is 0.373 bits per heavy atom. The molecule has 0 aromatic heterocycles. The Labute approximate surface area is 317 Å². The molecule has 0 radical (unpaired) electrons. The molecule has 0 aromatic carbocycles. The van der Waals surface area contributed by atoms with Crippen molar-refractivity contribution in [2.45, 2.75) is 252 Å². The van der Waals surface area contributed by atoms with E-state index in [0.29, 0.717) is 19.3 Å². The molecule has 6 nitrogen and oxygen atoms in total. The van der Waals surface area contributed by atoms with Gasteiger partial charge in [-0.15, -0.1) is 0 Å². The summed E-state index contributed by atoms with van der Waals surface area (Å²) in [6.45, 7) is 8.91. The SMILES string of the molecule is CCCCCCCCCCCCCCCCC(=O)O[C@@H](COC(=O)CCCCCCC)COC(=O)CCCCCCCCCCCCCC(C)C. The van der Waals surface area contributed by atoms with Gasteiger partial charge in [0.25, 0.3) is 0 Å². The molecule has 6 heteroatoms. The van der Waals surface area contributed by atoms with E-state index < -0.39 is 6.10 Å². The van der Waals surface area contributed by atoms with Crippen molar-refractivity contribution in [3.8, 4) is 0 Å². The first-order chi connectivity index (χ1) is 24.9. The van der Waals surface area contributed by atoms with Gasteiger partial charge in [0.2, 0.25) is 0 Å². The fraction of sp³-hybridized carbons (Fsp3) is 0.933. The lowest BCUT2D eigenvalue weighted by Crippen LogP contribution is -2.30. The number of ether oxygens (including phenoxy) is 3. The maximum atomic E-state index is 12.6. The van der Waals surface area contributed by atoms with Crippen molar-refractivity contribution in [3.05, 3.63) is 0 Å². The zero-order chi connectivity index (χ0) is 37.5. The van der Waals surface area contributed by atoms with Gasteiger partial charge in [0.1, 0.15) is 13.2 Å². The number of hydrogen-bond acceptors (Lipinski definition) is 6. The molecule has 0 amide bonds. The average Bonchev–Trinajstić information content (AvgIpc) is 3.11. The van der Waals surface area contributed by atoms with Gasteiger partial charge in [-0.25, -0.2) is 0 Å². The Morgan fingerprint density at radius 2 is 0.647 bits per heavy atom. The van der Waals surface area contributed by atoms with Gasteiger partial charge in [-0.2, -0.15) is 0 Å². The van der Waals surface area contributed by atoms with Crippen LogP contribution in [0, 0.1) is 5.92 Å². The van der Waals surface area contributed by atoms with Crippen molar-refractivity contribution in [2.75, 3.05) is 13.2 Å². The number of carbonyl (C=O) groups is 3. The number of carbonyl (C=O) groups excluding carboxylic acids is 3. The highest BCUT2D eigenvalue weighted by Crippen LogP contribution is 2.16. The van der Waals surface area contributed by atoms with Crippen molar-refractivity contribution in [1.29, 1.82) is 0 Å². The van der Waals surface area contributed by atoms with E-state index in [1.54, 1.807) is 0 Å². The summed E-state index contributed by atoms with van der Waals surface area (Å²) >= 11 is 0. The Morgan fingerprint density at radius 3 is 0.961 bits per heavy atom. The smallest absolute Gasteiger partial charge is 0.306 e. The van der Waals surface area contributed by atoms with E-state index in [0.717, 1.165) is 70.1 Å². The lowest BCUT2D eigenvalue weighted by molar-refractivity contribution is -0.167. The van der Waals surface area contributed by atoms with Crippen molar-refractivity contribution in [3.63, 3.8) is 0 Å². The van der Waals surface area contributed by atoms with Crippen LogP contribution in [0.4, 0.5) is 0 Å². The molecule has 0 unspecified atom stereocenters. The van der Waals surface area contributed by atoms with Crippen LogP contribution in [-0.4, -0.2) is 37.2 Å². The summed E-state index contributed by atoms with van der Waals surface area (Å²) in [6, 6.07) is 0. The van der Waals surface area contributed by atoms with E-state index in [1.165, 1.54) is 135 Å². The molecule has 51 heavy (non-hydrogen) atoms. The highest BCUT2D eigenvalue weighted by Gasteiger charge is 2.19. The van der Waals surface area contributed by atoms with Crippen LogP contribution in [0.3, 0.4) is 0 Å². The van der Waals surface area contributed by atoms with E-state index in [-0.39, 0.29) is 31.1 Å². The summed E-state index contributed by atoms with van der Waals surface area (Å²) in [5, 5.41) is 0. The third-order valence-corrected chi connectivity index (χ3v) is 10.0. The predicted molar refractivity (Wildman–Crippen MR) is 215 cm³/mol. The predicted octanol–water partition coefficient (Wildman–Crippen LogP) is 13.9. The van der Waals surface area contributed by atoms with E-state index >= 15 is 0 Å². The van der Waals surface area contributed by atoms with Crippen LogP contribution in [-0.2, 0) is 28.6 Å². The van der Waals surface area contributed by atoms with Gasteiger partial charge in [-0.1, -0.05) is 207 Å². The van der Waals surface area contributed by atoms with Crippen LogP contribution >= 0.6 is 0 Å². The molecule has 0 aliphatic carbocycles. The van der Waals surface area contributed by atoms with Crippen LogP contribution in [0.5, 0.6) is 0 Å². The Balaban J connectivity index is 4.19. The van der Waals surface area contributed by atoms with Gasteiger partial charge in [0.15, 0.2) is 6.10 Å². The second-order valence-corrected chi connectivity index (χ2v) is 15.8. The molecule has 0 spiro atoms. The van der Waals surface area contributed by atoms with Crippen molar-refractivity contribution in [1.82, 2.24) is 0 Å². The summed E-state index contributed by atoms with van der Waals surface area (Å²) in [4.78, 5) is 37.4. The van der Waals surface area contributed by atoms with Gasteiger partial charge < -0.3 is 14.2 Å². The summed E-state index contributed by atoms with van der Waals surface area (Å²) in [5.74, 6) is -0.0417. The highest BCUT2D eigenvalue weighted by atomic mass is 16.6. The fourth-order valence-corrected chi connectivity index (χ4v) is 6.63. The van der Waals surface area contributed by atoms with Crippen molar-refractivity contribution in [2.24, 2.45) is 5.92 Å². The van der Waals surface area contributed by atoms with Gasteiger partial charge in [-0.05, 0) is 25.2 Å². The molecule has 0 fully saturated rings. The third kappa shape index (κ3) is 39.5. The molecule has 0 rings (SSSR count). The summed E-state index contributed by atoms with van der Waals surface area (Å²) in [5.41, 5.74) is 0. The Kier molecular flexibility index (Phi) is 38.4. The molecule has 0 aliphatic heterocycles. The lowest BCUT2D eigenvalue weighted by Gasteiger charge is -2.18. The molecule has 0 heterocycles. The normalized spacial score (nSPS) is 11.9. The van der Waals surface area contributed by atoms with E-state index in [1.807, 2.05) is 0 Å². The summed E-state index contributed by atoms with van der Waals surface area (Å²) in [7, 11) is 0. The second-order valence-electron chi connectivity index (χ2n) is 15.8. The van der Waals surface area contributed by atoms with E-state index in [4.69, 9.17) is 14.2 Å². The molecule has 302 valence electrons. The largest absolute Gasteiger partial charge is 0.462 e. The zero-order valence-electron chi connectivity index (χ0n) is 34.6. The van der Waals surface area contributed by atoms with Crippen molar-refractivity contribution < 1.29 is 28.6 Å². The van der Waals surface area contributed by atoms with Gasteiger partial charge in [-0.3, -0.25) is 14.4 Å². The highest BCUT2D eigenvalue weighted by molar-refractivity contribution is 5.71. The van der Waals surface area contributed by atoms with Crippen LogP contribution in [0.15, 0.2) is 0 Å². The summed E-state index contributed by atoms with van der Waals surface area (Å²) in [6.07, 6.45) is 38.3. The average molecular weight is 723 g/mol. The van der Waals surface area contributed by atoms with Crippen LogP contribution in [0.25, 0.3) is 0 Å². The Bertz CT molecular complexity index is 766. The van der Waals surface area contributed by atoms with E-state index in [2.05, 4.69) is 27.7 Å². The number of esters is 3. The van der Waals surface area contributed by atoms with Gasteiger partial charge in [0.05, 0.1) is 0 Å². The second kappa shape index (κ2) is 39.6. The van der Waals surface area contributed by atoms with Gasteiger partial charge in [0, 0.05) is 19.3 Å². The number of unbranched alkanes of at least 4 members (excludes halogenated alkanes) is 27. The molecule has 0 bridgehead atoms. The maximum Gasteiger partial charge on any atom is 0.306 e. The molecule has 0 aromatic rings. The van der Waals surface area contributed by atoms with Crippen molar-refractivity contribution >= 4 is 17.9 Å². The molecular formula is C45H86O6. The molecule has 0 saturated carbocycles.